The molecule has 4 nitrogen and oxygen atoms in total. The maximum atomic E-state index is 9.12. The summed E-state index contributed by atoms with van der Waals surface area (Å²) in [5.74, 6) is 0. The molecular weight excluding hydrogens is 292 g/mol. The van der Waals surface area contributed by atoms with Gasteiger partial charge in [0, 0.05) is 17.7 Å². The SMILES string of the molecule is CCc1nn(C)cc1Nc1ccc(Br)cc1C#N. The largest absolute Gasteiger partial charge is 0.352 e. The average molecular weight is 305 g/mol. The number of aryl methyl sites for hydroxylation is 2. The molecule has 0 spiro atoms. The van der Waals surface area contributed by atoms with Gasteiger partial charge in [-0.2, -0.15) is 10.4 Å². The van der Waals surface area contributed by atoms with Crippen molar-refractivity contribution in [3.05, 3.63) is 40.1 Å². The lowest BCUT2D eigenvalue weighted by atomic mass is 10.2. The van der Waals surface area contributed by atoms with E-state index in [1.807, 2.05) is 25.4 Å². The molecule has 0 aliphatic carbocycles. The predicted molar refractivity (Wildman–Crippen MR) is 74.7 cm³/mol. The monoisotopic (exact) mass is 304 g/mol. The van der Waals surface area contributed by atoms with Gasteiger partial charge in [-0.1, -0.05) is 22.9 Å². The van der Waals surface area contributed by atoms with Crippen LogP contribution in [0.1, 0.15) is 18.2 Å². The molecule has 1 aromatic carbocycles. The molecule has 0 bridgehead atoms. The highest BCUT2D eigenvalue weighted by molar-refractivity contribution is 9.10. The number of anilines is 2. The van der Waals surface area contributed by atoms with Gasteiger partial charge in [-0.05, 0) is 24.6 Å². The number of hydrogen-bond acceptors (Lipinski definition) is 3. The Morgan fingerprint density at radius 2 is 2.22 bits per heavy atom. The van der Waals surface area contributed by atoms with Crippen LogP contribution in [0.4, 0.5) is 11.4 Å². The van der Waals surface area contributed by atoms with Crippen molar-refractivity contribution in [3.63, 3.8) is 0 Å². The Kier molecular flexibility index (Phi) is 3.68. The Morgan fingerprint density at radius 1 is 1.44 bits per heavy atom. The molecule has 1 N–H and O–H groups in total. The molecule has 0 aliphatic heterocycles. The molecule has 0 amide bonds. The molecule has 5 heteroatoms. The number of benzene rings is 1. The summed E-state index contributed by atoms with van der Waals surface area (Å²) in [5.41, 5.74) is 3.34. The van der Waals surface area contributed by atoms with Gasteiger partial charge in [-0.15, -0.1) is 0 Å². The van der Waals surface area contributed by atoms with Crippen molar-refractivity contribution in [2.24, 2.45) is 7.05 Å². The highest BCUT2D eigenvalue weighted by Gasteiger charge is 2.08. The van der Waals surface area contributed by atoms with Crippen LogP contribution in [0.15, 0.2) is 28.9 Å². The van der Waals surface area contributed by atoms with Crippen LogP contribution >= 0.6 is 15.9 Å². The molecule has 18 heavy (non-hydrogen) atoms. The first-order chi connectivity index (χ1) is 8.63. The Hall–Kier alpha value is -1.80. The molecule has 0 saturated carbocycles. The Bertz CT molecular complexity index is 610. The standard InChI is InChI=1S/C13H13BrN4/c1-3-11-13(8-18(2)17-11)16-12-5-4-10(14)6-9(12)7-15/h4-6,8,16H,3H2,1-2H3. The van der Waals surface area contributed by atoms with E-state index in [2.05, 4.69) is 39.3 Å². The molecule has 1 heterocycles. The molecule has 0 aliphatic rings. The van der Waals surface area contributed by atoms with Gasteiger partial charge in [0.2, 0.25) is 0 Å². The summed E-state index contributed by atoms with van der Waals surface area (Å²) in [6.45, 7) is 2.06. The Labute approximate surface area is 114 Å². The van der Waals surface area contributed by atoms with Crippen molar-refractivity contribution in [1.82, 2.24) is 9.78 Å². The number of nitrogens with one attached hydrogen (secondary N) is 1. The van der Waals surface area contributed by atoms with Crippen molar-refractivity contribution in [3.8, 4) is 6.07 Å². The van der Waals surface area contributed by atoms with Crippen LogP contribution in [0.5, 0.6) is 0 Å². The summed E-state index contributed by atoms with van der Waals surface area (Å²) in [7, 11) is 1.89. The van der Waals surface area contributed by atoms with Gasteiger partial charge in [-0.3, -0.25) is 4.68 Å². The number of nitriles is 1. The lowest BCUT2D eigenvalue weighted by Crippen LogP contribution is -1.95. The van der Waals surface area contributed by atoms with Crippen molar-refractivity contribution in [2.75, 3.05) is 5.32 Å². The van der Waals surface area contributed by atoms with Crippen LogP contribution in [0.2, 0.25) is 0 Å². The van der Waals surface area contributed by atoms with Crippen molar-refractivity contribution in [1.29, 1.82) is 5.26 Å². The van der Waals surface area contributed by atoms with Gasteiger partial charge in [0.15, 0.2) is 0 Å². The lowest BCUT2D eigenvalue weighted by molar-refractivity contribution is 0.746. The van der Waals surface area contributed by atoms with Crippen LogP contribution < -0.4 is 5.32 Å². The summed E-state index contributed by atoms with van der Waals surface area (Å²) in [6, 6.07) is 7.77. The van der Waals surface area contributed by atoms with Crippen molar-refractivity contribution >= 4 is 27.3 Å². The minimum absolute atomic E-state index is 0.607. The van der Waals surface area contributed by atoms with Crippen LogP contribution in [-0.4, -0.2) is 9.78 Å². The minimum atomic E-state index is 0.607. The number of nitrogens with zero attached hydrogens (tertiary/aromatic N) is 3. The van der Waals surface area contributed by atoms with E-state index < -0.39 is 0 Å². The van der Waals surface area contributed by atoms with Gasteiger partial charge < -0.3 is 5.32 Å². The molecule has 0 fully saturated rings. The zero-order valence-electron chi connectivity index (χ0n) is 10.2. The first-order valence-electron chi connectivity index (χ1n) is 5.63. The fraction of sp³-hybridized carbons (Fsp3) is 0.231. The van der Waals surface area contributed by atoms with E-state index in [1.165, 1.54) is 0 Å². The van der Waals surface area contributed by atoms with Crippen molar-refractivity contribution < 1.29 is 0 Å². The van der Waals surface area contributed by atoms with E-state index in [1.54, 1.807) is 10.7 Å². The first-order valence-corrected chi connectivity index (χ1v) is 6.42. The number of aromatic nitrogens is 2. The molecule has 2 aromatic rings. The molecular formula is C13H13BrN4. The zero-order valence-corrected chi connectivity index (χ0v) is 11.8. The molecule has 0 atom stereocenters. The lowest BCUT2D eigenvalue weighted by Gasteiger charge is -2.07. The van der Waals surface area contributed by atoms with E-state index in [0.29, 0.717) is 5.56 Å². The van der Waals surface area contributed by atoms with E-state index in [9.17, 15) is 0 Å². The maximum absolute atomic E-state index is 9.12. The van der Waals surface area contributed by atoms with Crippen LogP contribution in [0.25, 0.3) is 0 Å². The van der Waals surface area contributed by atoms with E-state index in [0.717, 1.165) is 28.0 Å². The first kappa shape index (κ1) is 12.7. The van der Waals surface area contributed by atoms with Crippen molar-refractivity contribution in [2.45, 2.75) is 13.3 Å². The number of hydrogen-bond donors (Lipinski definition) is 1. The highest BCUT2D eigenvalue weighted by Crippen LogP contribution is 2.25. The maximum Gasteiger partial charge on any atom is 0.101 e. The average Bonchev–Trinajstić information content (AvgIpc) is 2.71. The third kappa shape index (κ3) is 2.54. The minimum Gasteiger partial charge on any atom is -0.352 e. The molecule has 0 saturated heterocycles. The van der Waals surface area contributed by atoms with Crippen LogP contribution in [0, 0.1) is 11.3 Å². The summed E-state index contributed by atoms with van der Waals surface area (Å²) < 4.78 is 2.66. The smallest absolute Gasteiger partial charge is 0.101 e. The summed E-state index contributed by atoms with van der Waals surface area (Å²) >= 11 is 3.36. The zero-order chi connectivity index (χ0) is 13.1. The highest BCUT2D eigenvalue weighted by atomic mass is 79.9. The summed E-state index contributed by atoms with van der Waals surface area (Å²) in [6.07, 6.45) is 2.77. The Balaban J connectivity index is 2.37. The number of halogens is 1. The van der Waals surface area contributed by atoms with Gasteiger partial charge >= 0.3 is 0 Å². The van der Waals surface area contributed by atoms with E-state index >= 15 is 0 Å². The number of rotatable bonds is 3. The third-order valence-corrected chi connectivity index (χ3v) is 3.10. The molecule has 92 valence electrons. The predicted octanol–water partition coefficient (Wildman–Crippen LogP) is 3.36. The fourth-order valence-corrected chi connectivity index (χ4v) is 2.12. The van der Waals surface area contributed by atoms with Crippen LogP contribution in [-0.2, 0) is 13.5 Å². The normalized spacial score (nSPS) is 10.1. The van der Waals surface area contributed by atoms with Gasteiger partial charge in [0.1, 0.15) is 6.07 Å². The van der Waals surface area contributed by atoms with E-state index in [-0.39, 0.29) is 0 Å². The molecule has 0 unspecified atom stereocenters. The van der Waals surface area contributed by atoms with Gasteiger partial charge in [0.25, 0.3) is 0 Å². The summed E-state index contributed by atoms with van der Waals surface area (Å²) in [5, 5.41) is 16.7. The topological polar surface area (TPSA) is 53.6 Å². The fourth-order valence-electron chi connectivity index (χ4n) is 1.76. The molecule has 0 radical (unpaired) electrons. The van der Waals surface area contributed by atoms with Gasteiger partial charge in [0.05, 0.1) is 22.6 Å². The second-order valence-corrected chi connectivity index (χ2v) is 4.86. The second kappa shape index (κ2) is 5.23. The second-order valence-electron chi connectivity index (χ2n) is 3.94. The van der Waals surface area contributed by atoms with Gasteiger partial charge in [-0.25, -0.2) is 0 Å². The van der Waals surface area contributed by atoms with E-state index in [4.69, 9.17) is 5.26 Å². The van der Waals surface area contributed by atoms with Crippen LogP contribution in [0.3, 0.4) is 0 Å². The quantitative estimate of drug-likeness (QED) is 0.946. The third-order valence-electron chi connectivity index (χ3n) is 2.61. The molecule has 2 rings (SSSR count). The Morgan fingerprint density at radius 3 is 2.89 bits per heavy atom. The molecule has 1 aromatic heterocycles. The summed E-state index contributed by atoms with van der Waals surface area (Å²) in [4.78, 5) is 0.